The molecule has 4 N–H and O–H groups in total. The van der Waals surface area contributed by atoms with Crippen molar-refractivity contribution in [1.29, 1.82) is 0 Å². The fraction of sp³-hybridized carbons (Fsp3) is 0.364. The van der Waals surface area contributed by atoms with Crippen molar-refractivity contribution in [3.63, 3.8) is 0 Å². The summed E-state index contributed by atoms with van der Waals surface area (Å²) < 4.78 is 22.6. The quantitative estimate of drug-likeness (QED) is 0.484. The van der Waals surface area contributed by atoms with Crippen LogP contribution in [0.4, 0.5) is 25.4 Å². The summed E-state index contributed by atoms with van der Waals surface area (Å²) >= 11 is 1.50. The molecule has 0 spiro atoms. The van der Waals surface area contributed by atoms with Crippen molar-refractivity contribution in [1.82, 2.24) is 19.9 Å². The van der Waals surface area contributed by atoms with E-state index in [9.17, 15) is 14.4 Å². The second-order valence-electron chi connectivity index (χ2n) is 8.07. The fourth-order valence-electron chi connectivity index (χ4n) is 3.96. The van der Waals surface area contributed by atoms with E-state index < -0.39 is 30.2 Å². The van der Waals surface area contributed by atoms with Crippen molar-refractivity contribution in [3.8, 4) is 0 Å². The molecule has 186 valence electrons. The Labute approximate surface area is 205 Å². The Bertz CT molecular complexity index is 1090. The van der Waals surface area contributed by atoms with Gasteiger partial charge in [0.2, 0.25) is 5.91 Å². The Morgan fingerprint density at radius 3 is 2.80 bits per heavy atom. The SMILES string of the molecule is CC(=O)NCC1CN(c2ccc(N3CCN(Sc4cccnc4)CC3NC(N)=O)c(F)c2)C(=O)O1. The number of aromatic nitrogens is 1. The van der Waals surface area contributed by atoms with Crippen LogP contribution in [0, 0.1) is 5.82 Å². The Balaban J connectivity index is 1.47. The number of piperazine rings is 1. The Kier molecular flexibility index (Phi) is 7.56. The maximum absolute atomic E-state index is 15.3. The number of nitrogens with zero attached hydrogens (tertiary/aromatic N) is 4. The zero-order chi connectivity index (χ0) is 24.9. The van der Waals surface area contributed by atoms with Gasteiger partial charge in [0.15, 0.2) is 0 Å². The number of ether oxygens (including phenoxy) is 1. The maximum atomic E-state index is 15.3. The zero-order valence-corrected chi connectivity index (χ0v) is 19.8. The van der Waals surface area contributed by atoms with Crippen LogP contribution in [-0.4, -0.2) is 72.3 Å². The molecular weight excluding hydrogens is 477 g/mol. The number of halogens is 1. The molecule has 1 aromatic heterocycles. The molecule has 2 atom stereocenters. The molecule has 2 aromatic rings. The number of rotatable bonds is 7. The molecule has 2 aliphatic rings. The van der Waals surface area contributed by atoms with Crippen molar-refractivity contribution in [2.45, 2.75) is 24.1 Å². The van der Waals surface area contributed by atoms with Crippen LogP contribution in [0.15, 0.2) is 47.6 Å². The van der Waals surface area contributed by atoms with Gasteiger partial charge < -0.3 is 26.0 Å². The van der Waals surface area contributed by atoms with Crippen molar-refractivity contribution in [3.05, 3.63) is 48.5 Å². The van der Waals surface area contributed by atoms with E-state index in [1.54, 1.807) is 29.4 Å². The summed E-state index contributed by atoms with van der Waals surface area (Å²) in [5, 5.41) is 5.29. The summed E-state index contributed by atoms with van der Waals surface area (Å²) in [7, 11) is 0. The van der Waals surface area contributed by atoms with Gasteiger partial charge in [-0.05, 0) is 42.3 Å². The van der Waals surface area contributed by atoms with Crippen LogP contribution in [-0.2, 0) is 9.53 Å². The first-order valence-electron chi connectivity index (χ1n) is 11.0. The van der Waals surface area contributed by atoms with E-state index in [2.05, 4.69) is 19.9 Å². The summed E-state index contributed by atoms with van der Waals surface area (Å²) in [5.41, 5.74) is 6.01. The highest BCUT2D eigenvalue weighted by molar-refractivity contribution is 7.97. The summed E-state index contributed by atoms with van der Waals surface area (Å²) in [6.07, 6.45) is 1.74. The average Bonchev–Trinajstić information content (AvgIpc) is 3.19. The highest BCUT2D eigenvalue weighted by Gasteiger charge is 2.34. The van der Waals surface area contributed by atoms with Gasteiger partial charge >= 0.3 is 12.1 Å². The number of primary amides is 1. The number of anilines is 2. The molecule has 0 bridgehead atoms. The van der Waals surface area contributed by atoms with Crippen LogP contribution in [0.1, 0.15) is 6.92 Å². The average molecular weight is 504 g/mol. The molecule has 2 unspecified atom stereocenters. The number of nitrogens with one attached hydrogen (secondary N) is 2. The van der Waals surface area contributed by atoms with Crippen LogP contribution in [0.5, 0.6) is 0 Å². The highest BCUT2D eigenvalue weighted by Crippen LogP contribution is 2.31. The molecule has 3 heterocycles. The van der Waals surface area contributed by atoms with Crippen LogP contribution >= 0.6 is 11.9 Å². The van der Waals surface area contributed by atoms with Gasteiger partial charge in [-0.25, -0.2) is 18.3 Å². The lowest BCUT2D eigenvalue weighted by molar-refractivity contribution is -0.119. The lowest BCUT2D eigenvalue weighted by Crippen LogP contribution is -2.60. The maximum Gasteiger partial charge on any atom is 0.414 e. The number of benzene rings is 1. The predicted molar refractivity (Wildman–Crippen MR) is 128 cm³/mol. The largest absolute Gasteiger partial charge is 0.442 e. The third-order valence-electron chi connectivity index (χ3n) is 5.53. The van der Waals surface area contributed by atoms with Gasteiger partial charge in [-0.3, -0.25) is 14.7 Å². The van der Waals surface area contributed by atoms with E-state index >= 15 is 4.39 Å². The standard InChI is InChI=1S/C22H26FN7O4S/c1-14(31)26-10-16-12-30(22(33)34-16)15-4-5-19(18(23)9-15)29-8-7-28(13-20(29)27-21(24)32)35-17-3-2-6-25-11-17/h2-6,9,11,16,20H,7-8,10,12-13H2,1H3,(H,26,31)(H3,24,27,32). The zero-order valence-electron chi connectivity index (χ0n) is 19.0. The summed E-state index contributed by atoms with van der Waals surface area (Å²) in [4.78, 5) is 43.2. The fourth-order valence-corrected chi connectivity index (χ4v) is 4.89. The number of carbonyl (C=O) groups excluding carboxylic acids is 3. The molecular formula is C22H26FN7O4S. The van der Waals surface area contributed by atoms with E-state index in [4.69, 9.17) is 10.5 Å². The molecule has 1 aromatic carbocycles. The molecule has 2 fully saturated rings. The molecule has 4 amide bonds. The minimum absolute atomic E-state index is 0.180. The Morgan fingerprint density at radius 1 is 1.29 bits per heavy atom. The second kappa shape index (κ2) is 10.8. The molecule has 35 heavy (non-hydrogen) atoms. The minimum atomic E-state index is -0.713. The predicted octanol–water partition coefficient (Wildman–Crippen LogP) is 1.51. The molecule has 2 saturated heterocycles. The van der Waals surface area contributed by atoms with Crippen molar-refractivity contribution >= 4 is 41.4 Å². The van der Waals surface area contributed by atoms with E-state index in [0.717, 1.165) is 4.90 Å². The van der Waals surface area contributed by atoms with Crippen LogP contribution < -0.4 is 26.2 Å². The van der Waals surface area contributed by atoms with Gasteiger partial charge in [0, 0.05) is 43.8 Å². The number of carbonyl (C=O) groups is 3. The Morgan fingerprint density at radius 2 is 2.11 bits per heavy atom. The topological polar surface area (TPSA) is 133 Å². The molecule has 4 rings (SSSR count). The monoisotopic (exact) mass is 503 g/mol. The number of pyridine rings is 1. The highest BCUT2D eigenvalue weighted by atomic mass is 32.2. The molecule has 11 nitrogen and oxygen atoms in total. The normalized spacial score (nSPS) is 20.5. The summed E-state index contributed by atoms with van der Waals surface area (Å²) in [6.45, 7) is 3.17. The number of nitrogens with two attached hydrogens (primary N) is 1. The van der Waals surface area contributed by atoms with Crippen molar-refractivity contribution < 1.29 is 23.5 Å². The number of amides is 4. The second-order valence-corrected chi connectivity index (χ2v) is 9.25. The van der Waals surface area contributed by atoms with E-state index in [1.807, 2.05) is 12.1 Å². The summed E-state index contributed by atoms with van der Waals surface area (Å²) in [6, 6.07) is 7.51. The van der Waals surface area contributed by atoms with Gasteiger partial charge in [0.1, 0.15) is 18.1 Å². The smallest absolute Gasteiger partial charge is 0.414 e. The molecule has 13 heteroatoms. The number of cyclic esters (lactones) is 1. The molecule has 2 aliphatic heterocycles. The number of hydrogen-bond donors (Lipinski definition) is 3. The lowest BCUT2D eigenvalue weighted by Gasteiger charge is -2.42. The van der Waals surface area contributed by atoms with Crippen LogP contribution in [0.2, 0.25) is 0 Å². The van der Waals surface area contributed by atoms with E-state index in [0.29, 0.717) is 25.3 Å². The first-order valence-corrected chi connectivity index (χ1v) is 11.7. The number of hydrogen-bond acceptors (Lipinski definition) is 8. The van der Waals surface area contributed by atoms with Crippen LogP contribution in [0.25, 0.3) is 0 Å². The lowest BCUT2D eigenvalue weighted by atomic mass is 10.2. The first kappa shape index (κ1) is 24.5. The first-order chi connectivity index (χ1) is 16.8. The van der Waals surface area contributed by atoms with Crippen LogP contribution in [0.3, 0.4) is 0 Å². The van der Waals surface area contributed by atoms with Gasteiger partial charge in [-0.1, -0.05) is 0 Å². The van der Waals surface area contributed by atoms with Gasteiger partial charge in [-0.15, -0.1) is 0 Å². The van der Waals surface area contributed by atoms with E-state index in [1.165, 1.54) is 29.8 Å². The van der Waals surface area contributed by atoms with E-state index in [-0.39, 0.29) is 24.7 Å². The third kappa shape index (κ3) is 6.11. The summed E-state index contributed by atoms with van der Waals surface area (Å²) in [5.74, 6) is -0.779. The minimum Gasteiger partial charge on any atom is -0.442 e. The molecule has 0 aliphatic carbocycles. The van der Waals surface area contributed by atoms with Gasteiger partial charge in [-0.2, -0.15) is 0 Å². The third-order valence-corrected chi connectivity index (χ3v) is 6.57. The molecule has 0 saturated carbocycles. The van der Waals surface area contributed by atoms with Gasteiger partial charge in [0.05, 0.1) is 24.5 Å². The van der Waals surface area contributed by atoms with Crippen molar-refractivity contribution in [2.75, 3.05) is 42.5 Å². The Hall–Kier alpha value is -3.58. The number of urea groups is 1. The van der Waals surface area contributed by atoms with Gasteiger partial charge in [0.25, 0.3) is 0 Å². The van der Waals surface area contributed by atoms with Crippen molar-refractivity contribution in [2.24, 2.45) is 5.73 Å². The molecule has 0 radical (unpaired) electrons.